The van der Waals surface area contributed by atoms with Gasteiger partial charge in [0.1, 0.15) is 5.52 Å². The van der Waals surface area contributed by atoms with Crippen molar-refractivity contribution in [2.45, 2.75) is 32.2 Å². The summed E-state index contributed by atoms with van der Waals surface area (Å²) in [6.07, 6.45) is 4.09. The van der Waals surface area contributed by atoms with Gasteiger partial charge in [-0.1, -0.05) is 12.1 Å². The lowest BCUT2D eigenvalue weighted by atomic mass is 9.98. The van der Waals surface area contributed by atoms with Gasteiger partial charge in [-0.15, -0.1) is 0 Å². The van der Waals surface area contributed by atoms with E-state index in [4.69, 9.17) is 4.42 Å². The van der Waals surface area contributed by atoms with Crippen molar-refractivity contribution in [1.82, 2.24) is 19.9 Å². The molecule has 0 aliphatic carbocycles. The van der Waals surface area contributed by atoms with E-state index in [0.717, 1.165) is 54.4 Å². The second-order valence-electron chi connectivity index (χ2n) is 6.07. The summed E-state index contributed by atoms with van der Waals surface area (Å²) in [5.41, 5.74) is 4.14. The number of H-pyrrole nitrogens is 1. The lowest BCUT2D eigenvalue weighted by molar-refractivity contribution is 0.185. The van der Waals surface area contributed by atoms with Gasteiger partial charge in [-0.05, 0) is 38.4 Å². The van der Waals surface area contributed by atoms with Crippen LogP contribution in [0.25, 0.3) is 11.1 Å². The number of aromatic amines is 1. The number of hydrogen-bond acceptors (Lipinski definition) is 4. The number of nitrogens with one attached hydrogen (secondary N) is 1. The van der Waals surface area contributed by atoms with Crippen LogP contribution in [0.3, 0.4) is 0 Å². The minimum Gasteiger partial charge on any atom is -0.440 e. The molecule has 22 heavy (non-hydrogen) atoms. The predicted octanol–water partition coefficient (Wildman–Crippen LogP) is 3.24. The third kappa shape index (κ3) is 2.52. The van der Waals surface area contributed by atoms with Gasteiger partial charge in [0.15, 0.2) is 11.5 Å². The lowest BCUT2D eigenvalue weighted by Gasteiger charge is -2.30. The predicted molar refractivity (Wildman–Crippen MR) is 84.6 cm³/mol. The highest BCUT2D eigenvalue weighted by molar-refractivity contribution is 5.72. The molecule has 1 fully saturated rings. The van der Waals surface area contributed by atoms with E-state index in [1.165, 1.54) is 6.42 Å². The van der Waals surface area contributed by atoms with E-state index in [0.29, 0.717) is 5.92 Å². The van der Waals surface area contributed by atoms with Crippen LogP contribution < -0.4 is 0 Å². The van der Waals surface area contributed by atoms with E-state index in [2.05, 4.69) is 26.8 Å². The Kier molecular flexibility index (Phi) is 3.42. The van der Waals surface area contributed by atoms with Gasteiger partial charge in [0.05, 0.1) is 12.0 Å². The van der Waals surface area contributed by atoms with Crippen molar-refractivity contribution in [3.05, 3.63) is 47.9 Å². The highest BCUT2D eigenvalue weighted by Gasteiger charge is 2.26. The van der Waals surface area contributed by atoms with E-state index in [1.807, 2.05) is 24.3 Å². The molecule has 5 heteroatoms. The number of aromatic nitrogens is 3. The van der Waals surface area contributed by atoms with Crippen LogP contribution in [0.15, 0.2) is 35.0 Å². The average molecular weight is 296 g/mol. The number of oxazole rings is 1. The number of para-hydroxylation sites is 2. The second kappa shape index (κ2) is 5.57. The van der Waals surface area contributed by atoms with Crippen molar-refractivity contribution in [3.63, 3.8) is 0 Å². The molecule has 0 spiro atoms. The number of aryl methyl sites for hydroxylation is 1. The molecule has 0 amide bonds. The SMILES string of the molecule is Cc1[nH]cnc1CN1CCCC(c2nc3ccccc3o2)C1. The van der Waals surface area contributed by atoms with Crippen LogP contribution in [0.1, 0.15) is 36.0 Å². The van der Waals surface area contributed by atoms with Crippen LogP contribution in [-0.2, 0) is 6.54 Å². The van der Waals surface area contributed by atoms with Crippen LogP contribution in [-0.4, -0.2) is 32.9 Å². The molecule has 1 aliphatic heterocycles. The maximum absolute atomic E-state index is 5.96. The third-order valence-corrected chi connectivity index (χ3v) is 4.47. The number of piperidine rings is 1. The zero-order chi connectivity index (χ0) is 14.9. The minimum absolute atomic E-state index is 0.375. The molecule has 1 aromatic carbocycles. The van der Waals surface area contributed by atoms with Crippen molar-refractivity contribution >= 4 is 11.1 Å². The molecule has 1 unspecified atom stereocenters. The Labute approximate surface area is 129 Å². The fourth-order valence-corrected chi connectivity index (χ4v) is 3.22. The number of likely N-dealkylation sites (tertiary alicyclic amines) is 1. The third-order valence-electron chi connectivity index (χ3n) is 4.47. The summed E-state index contributed by atoms with van der Waals surface area (Å²) in [4.78, 5) is 14.7. The summed E-state index contributed by atoms with van der Waals surface area (Å²) < 4.78 is 5.96. The Morgan fingerprint density at radius 2 is 2.27 bits per heavy atom. The first-order valence-electron chi connectivity index (χ1n) is 7.86. The number of fused-ring (bicyclic) bond motifs is 1. The molecule has 1 N–H and O–H groups in total. The topological polar surface area (TPSA) is 58.0 Å². The van der Waals surface area contributed by atoms with Crippen molar-refractivity contribution in [2.24, 2.45) is 0 Å². The molecule has 3 heterocycles. The molecule has 4 rings (SSSR count). The van der Waals surface area contributed by atoms with Gasteiger partial charge >= 0.3 is 0 Å². The highest BCUT2D eigenvalue weighted by atomic mass is 16.3. The van der Waals surface area contributed by atoms with Gasteiger partial charge in [0, 0.05) is 24.7 Å². The van der Waals surface area contributed by atoms with Gasteiger partial charge < -0.3 is 9.40 Å². The Hall–Kier alpha value is -2.14. The van der Waals surface area contributed by atoms with Crippen LogP contribution in [0.5, 0.6) is 0 Å². The molecule has 0 bridgehead atoms. The van der Waals surface area contributed by atoms with Crippen LogP contribution >= 0.6 is 0 Å². The van der Waals surface area contributed by atoms with Gasteiger partial charge in [-0.25, -0.2) is 9.97 Å². The molecule has 0 radical (unpaired) electrons. The Bertz CT molecular complexity index is 743. The van der Waals surface area contributed by atoms with Crippen molar-refractivity contribution in [1.29, 1.82) is 0 Å². The first-order chi connectivity index (χ1) is 10.8. The van der Waals surface area contributed by atoms with E-state index in [1.54, 1.807) is 6.33 Å². The molecule has 114 valence electrons. The Morgan fingerprint density at radius 1 is 1.36 bits per heavy atom. The minimum atomic E-state index is 0.375. The molecule has 1 atom stereocenters. The Morgan fingerprint density at radius 3 is 3.09 bits per heavy atom. The molecular formula is C17H20N4O. The van der Waals surface area contributed by atoms with Gasteiger partial charge in [-0.3, -0.25) is 4.90 Å². The number of rotatable bonds is 3. The van der Waals surface area contributed by atoms with E-state index >= 15 is 0 Å². The van der Waals surface area contributed by atoms with Gasteiger partial charge in [-0.2, -0.15) is 0 Å². The molecule has 0 saturated carbocycles. The number of nitrogens with zero attached hydrogens (tertiary/aromatic N) is 3. The summed E-state index contributed by atoms with van der Waals surface area (Å²) >= 11 is 0. The maximum Gasteiger partial charge on any atom is 0.199 e. The van der Waals surface area contributed by atoms with E-state index < -0.39 is 0 Å². The quantitative estimate of drug-likeness (QED) is 0.806. The van der Waals surface area contributed by atoms with Gasteiger partial charge in [0.2, 0.25) is 0 Å². The van der Waals surface area contributed by atoms with Crippen molar-refractivity contribution < 1.29 is 4.42 Å². The fraction of sp³-hybridized carbons (Fsp3) is 0.412. The lowest BCUT2D eigenvalue weighted by Crippen LogP contribution is -2.34. The van der Waals surface area contributed by atoms with Crippen LogP contribution in [0.2, 0.25) is 0 Å². The summed E-state index contributed by atoms with van der Waals surface area (Å²) in [7, 11) is 0. The summed E-state index contributed by atoms with van der Waals surface area (Å²) in [6.45, 7) is 5.07. The summed E-state index contributed by atoms with van der Waals surface area (Å²) in [5.74, 6) is 1.25. The zero-order valence-electron chi connectivity index (χ0n) is 12.7. The zero-order valence-corrected chi connectivity index (χ0v) is 12.7. The number of benzene rings is 1. The van der Waals surface area contributed by atoms with Crippen molar-refractivity contribution in [3.8, 4) is 0 Å². The van der Waals surface area contributed by atoms with Crippen LogP contribution in [0.4, 0.5) is 0 Å². The average Bonchev–Trinajstić information content (AvgIpc) is 3.14. The largest absolute Gasteiger partial charge is 0.440 e. The smallest absolute Gasteiger partial charge is 0.199 e. The maximum atomic E-state index is 5.96. The summed E-state index contributed by atoms with van der Waals surface area (Å²) in [5, 5.41) is 0. The fourth-order valence-electron chi connectivity index (χ4n) is 3.22. The number of hydrogen-bond donors (Lipinski definition) is 1. The van der Waals surface area contributed by atoms with Gasteiger partial charge in [0.25, 0.3) is 0 Å². The first kappa shape index (κ1) is 13.5. The monoisotopic (exact) mass is 296 g/mol. The number of imidazole rings is 1. The van der Waals surface area contributed by atoms with Crippen molar-refractivity contribution in [2.75, 3.05) is 13.1 Å². The van der Waals surface area contributed by atoms with Crippen LogP contribution in [0, 0.1) is 6.92 Å². The molecule has 5 nitrogen and oxygen atoms in total. The molecule has 2 aromatic heterocycles. The molecular weight excluding hydrogens is 276 g/mol. The molecule has 1 saturated heterocycles. The van der Waals surface area contributed by atoms with E-state index in [9.17, 15) is 0 Å². The summed E-state index contributed by atoms with van der Waals surface area (Å²) in [6, 6.07) is 7.99. The first-order valence-corrected chi connectivity index (χ1v) is 7.86. The second-order valence-corrected chi connectivity index (χ2v) is 6.07. The standard InChI is InChI=1S/C17H20N4O/c1-12-15(19-11-18-12)10-21-8-4-5-13(9-21)17-20-14-6-2-3-7-16(14)22-17/h2-3,6-7,11,13H,4-5,8-10H2,1H3,(H,18,19). The van der Waals surface area contributed by atoms with E-state index in [-0.39, 0.29) is 0 Å². The normalized spacial score (nSPS) is 19.8. The molecule has 1 aliphatic rings. The Balaban J connectivity index is 1.51. The molecule has 3 aromatic rings. The highest BCUT2D eigenvalue weighted by Crippen LogP contribution is 2.29.